The van der Waals surface area contributed by atoms with Crippen molar-refractivity contribution in [3.05, 3.63) is 62.7 Å². The van der Waals surface area contributed by atoms with Crippen molar-refractivity contribution in [3.63, 3.8) is 0 Å². The number of hydrogen-bond donors (Lipinski definition) is 1. The van der Waals surface area contributed by atoms with Gasteiger partial charge in [0.05, 0.1) is 61.0 Å². The Labute approximate surface area is 260 Å². The lowest BCUT2D eigenvalue weighted by molar-refractivity contribution is -0.138. The maximum atomic E-state index is 13.5. The Morgan fingerprint density at radius 3 is 2.65 bits per heavy atom. The second kappa shape index (κ2) is 9.86. The molecule has 8 nitrogen and oxygen atoms in total. The Hall–Kier alpha value is -2.78. The summed E-state index contributed by atoms with van der Waals surface area (Å²) in [5, 5.41) is 9.87. The third-order valence-electron chi connectivity index (χ3n) is 11.4. The van der Waals surface area contributed by atoms with Gasteiger partial charge in [0.1, 0.15) is 0 Å². The molecule has 2 aliphatic carbocycles. The molecule has 0 radical (unpaired) electrons. The number of carboxylic acid groups (broad SMARTS) is 1. The van der Waals surface area contributed by atoms with E-state index in [9.17, 15) is 9.59 Å². The second-order valence-electron chi connectivity index (χ2n) is 12.9. The molecule has 10 heteroatoms. The maximum absolute atomic E-state index is 13.5. The summed E-state index contributed by atoms with van der Waals surface area (Å²) in [6.07, 6.45) is 6.51. The minimum absolute atomic E-state index is 0.0242. The van der Waals surface area contributed by atoms with E-state index in [4.69, 9.17) is 42.5 Å². The van der Waals surface area contributed by atoms with Gasteiger partial charge in [0.2, 0.25) is 5.91 Å². The smallest absolute Gasteiger partial charge is 0.310 e. The van der Waals surface area contributed by atoms with Crippen LogP contribution in [0.1, 0.15) is 48.3 Å². The van der Waals surface area contributed by atoms with Gasteiger partial charge in [-0.3, -0.25) is 14.5 Å². The van der Waals surface area contributed by atoms with Crippen molar-refractivity contribution in [2.45, 2.75) is 61.6 Å². The van der Waals surface area contributed by atoms with Crippen molar-refractivity contribution in [2.24, 2.45) is 11.8 Å². The molecule has 1 amide bonds. The number of benzene rings is 2. The number of rotatable bonds is 3. The highest BCUT2D eigenvalue weighted by atomic mass is 35.5. The van der Waals surface area contributed by atoms with Gasteiger partial charge in [-0.1, -0.05) is 34.9 Å². The van der Waals surface area contributed by atoms with Crippen LogP contribution in [0.15, 0.2) is 35.9 Å². The standard InChI is InChI=1S/C23H26N2O4.C10H8Cl2O2/c1-27-16-8-14-15(9-17(16)28-2)25-20(26)10-18-21-13-7-19-23(14,22(21)25)4-5-24(19)11-12(13)3-6-29-18;11-8-3-5-1-2-6(10(13)14)7(5)4-9(8)12/h3,8-9,13,18-19,21-22H,4-7,10-11H2,1-2H3;3-4,6H,1-2H2,(H,13,14)/t13-,18-,19-,21-,22-,23+;6-/m00/s1. The van der Waals surface area contributed by atoms with Crippen LogP contribution in [0.4, 0.5) is 5.69 Å². The minimum atomic E-state index is -0.790. The Balaban J connectivity index is 0.000000168. The number of carbonyl (C=O) groups is 2. The fourth-order valence-electron chi connectivity index (χ4n) is 9.73. The third kappa shape index (κ3) is 3.76. The van der Waals surface area contributed by atoms with E-state index in [2.05, 4.69) is 21.9 Å². The number of ether oxygens (including phenoxy) is 3. The molecule has 2 aromatic rings. The molecule has 7 atom stereocenters. The van der Waals surface area contributed by atoms with E-state index in [1.165, 1.54) is 12.0 Å². The van der Waals surface area contributed by atoms with Crippen LogP contribution >= 0.6 is 23.2 Å². The number of amides is 1. The van der Waals surface area contributed by atoms with Crippen LogP contribution in [0.25, 0.3) is 0 Å². The third-order valence-corrected chi connectivity index (χ3v) is 12.1. The molecule has 2 aromatic carbocycles. The number of carbonyl (C=O) groups excluding carboxylic acids is 1. The summed E-state index contributed by atoms with van der Waals surface area (Å²) in [6.45, 7) is 2.80. The molecular weight excluding hydrogens is 591 g/mol. The zero-order chi connectivity index (χ0) is 29.8. The fourth-order valence-corrected chi connectivity index (χ4v) is 10.1. The molecule has 7 aliphatic rings. The lowest BCUT2D eigenvalue weighted by atomic mass is 9.53. The number of halogens is 2. The van der Waals surface area contributed by atoms with Crippen molar-refractivity contribution in [1.82, 2.24) is 4.90 Å². The first-order valence-electron chi connectivity index (χ1n) is 15.1. The molecule has 2 bridgehead atoms. The van der Waals surface area contributed by atoms with Crippen LogP contribution in [-0.4, -0.2) is 74.0 Å². The molecule has 226 valence electrons. The average Bonchev–Trinajstić information content (AvgIpc) is 3.63. The summed E-state index contributed by atoms with van der Waals surface area (Å²) < 4.78 is 17.6. The Morgan fingerprint density at radius 2 is 1.88 bits per heavy atom. The zero-order valence-corrected chi connectivity index (χ0v) is 25.7. The van der Waals surface area contributed by atoms with Gasteiger partial charge >= 0.3 is 5.97 Å². The predicted octanol–water partition coefficient (Wildman–Crippen LogP) is 5.22. The topological polar surface area (TPSA) is 88.5 Å². The number of anilines is 1. The van der Waals surface area contributed by atoms with Gasteiger partial charge in [-0.25, -0.2) is 0 Å². The normalized spacial score (nSPS) is 34.0. The van der Waals surface area contributed by atoms with Gasteiger partial charge < -0.3 is 24.2 Å². The molecule has 43 heavy (non-hydrogen) atoms. The summed E-state index contributed by atoms with van der Waals surface area (Å²) in [7, 11) is 3.36. The van der Waals surface area contributed by atoms with E-state index in [0.29, 0.717) is 53.1 Å². The summed E-state index contributed by atoms with van der Waals surface area (Å²) in [6, 6.07) is 8.31. The van der Waals surface area contributed by atoms with Crippen molar-refractivity contribution in [1.29, 1.82) is 0 Å². The van der Waals surface area contributed by atoms with Gasteiger partial charge in [0.25, 0.3) is 0 Å². The molecule has 9 rings (SSSR count). The van der Waals surface area contributed by atoms with Crippen LogP contribution in [0.3, 0.4) is 0 Å². The average molecular weight is 626 g/mol. The molecule has 3 saturated heterocycles. The monoisotopic (exact) mass is 624 g/mol. The highest BCUT2D eigenvalue weighted by Crippen LogP contribution is 2.66. The van der Waals surface area contributed by atoms with E-state index in [1.807, 2.05) is 6.07 Å². The largest absolute Gasteiger partial charge is 0.493 e. The molecule has 0 unspecified atom stereocenters. The molecule has 1 spiro atoms. The number of carboxylic acids is 1. The second-order valence-corrected chi connectivity index (χ2v) is 13.7. The molecule has 1 saturated carbocycles. The zero-order valence-electron chi connectivity index (χ0n) is 24.1. The van der Waals surface area contributed by atoms with Crippen LogP contribution in [-0.2, 0) is 26.2 Å². The van der Waals surface area contributed by atoms with Crippen molar-refractivity contribution in [3.8, 4) is 11.5 Å². The van der Waals surface area contributed by atoms with Gasteiger partial charge in [0, 0.05) is 30.0 Å². The van der Waals surface area contributed by atoms with Gasteiger partial charge in [-0.15, -0.1) is 0 Å². The first kappa shape index (κ1) is 27.7. The van der Waals surface area contributed by atoms with E-state index >= 15 is 0 Å². The Kier molecular flexibility index (Phi) is 6.36. The number of aryl methyl sites for hydroxylation is 1. The van der Waals surface area contributed by atoms with E-state index in [-0.39, 0.29) is 23.5 Å². The van der Waals surface area contributed by atoms with Crippen molar-refractivity contribution < 1.29 is 28.9 Å². The number of methoxy groups -OCH3 is 2. The SMILES string of the molecule is COc1cc2c(cc1OC)[C@@]13CCN4CC5=CCO[C@H]6CC(=O)N2[C@H]1[C@H]6[C@H]5C[C@H]43.O=C(O)[C@H]1CCc2cc(Cl)c(Cl)cc21. The molecule has 4 fully saturated rings. The van der Waals surface area contributed by atoms with Crippen LogP contribution < -0.4 is 14.4 Å². The van der Waals surface area contributed by atoms with E-state index < -0.39 is 11.9 Å². The first-order valence-corrected chi connectivity index (χ1v) is 15.9. The lowest BCUT2D eigenvalue weighted by Gasteiger charge is -2.58. The van der Waals surface area contributed by atoms with Crippen LogP contribution in [0.2, 0.25) is 10.0 Å². The number of piperidine rings is 2. The molecular formula is C33H34Cl2N2O6. The number of nitrogens with zero attached hydrogens (tertiary/aromatic N) is 2. The molecule has 1 N–H and O–H groups in total. The Morgan fingerprint density at radius 1 is 1.12 bits per heavy atom. The minimum Gasteiger partial charge on any atom is -0.493 e. The number of fused-ring (bicyclic) bond motifs is 3. The number of hydrogen-bond acceptors (Lipinski definition) is 6. The van der Waals surface area contributed by atoms with Gasteiger partial charge in [-0.2, -0.15) is 0 Å². The van der Waals surface area contributed by atoms with Crippen LogP contribution in [0, 0.1) is 11.8 Å². The molecule has 0 aromatic heterocycles. The predicted molar refractivity (Wildman–Crippen MR) is 162 cm³/mol. The fraction of sp³-hybridized carbons (Fsp3) is 0.515. The lowest BCUT2D eigenvalue weighted by Crippen LogP contribution is -2.69. The van der Waals surface area contributed by atoms with Gasteiger partial charge in [0.15, 0.2) is 11.5 Å². The highest BCUT2D eigenvalue weighted by Gasteiger charge is 2.71. The number of aliphatic carboxylic acids is 1. The quantitative estimate of drug-likeness (QED) is 0.469. The summed E-state index contributed by atoms with van der Waals surface area (Å²) >= 11 is 11.7. The summed E-state index contributed by atoms with van der Waals surface area (Å²) in [5.74, 6) is 1.37. The van der Waals surface area contributed by atoms with E-state index in [1.54, 1.807) is 31.9 Å². The van der Waals surface area contributed by atoms with E-state index in [0.717, 1.165) is 48.5 Å². The Bertz CT molecular complexity index is 1590. The summed E-state index contributed by atoms with van der Waals surface area (Å²) in [5.41, 5.74) is 5.67. The summed E-state index contributed by atoms with van der Waals surface area (Å²) in [4.78, 5) is 29.1. The molecule has 5 aliphatic heterocycles. The van der Waals surface area contributed by atoms with Gasteiger partial charge in [-0.05, 0) is 73.0 Å². The van der Waals surface area contributed by atoms with Crippen LogP contribution in [0.5, 0.6) is 11.5 Å². The van der Waals surface area contributed by atoms with Crippen molar-refractivity contribution >= 4 is 40.8 Å². The first-order chi connectivity index (χ1) is 20.8. The van der Waals surface area contributed by atoms with Crippen molar-refractivity contribution in [2.75, 3.05) is 38.8 Å². The maximum Gasteiger partial charge on any atom is 0.310 e. The highest BCUT2D eigenvalue weighted by molar-refractivity contribution is 6.42. The molecule has 5 heterocycles.